The van der Waals surface area contributed by atoms with Gasteiger partial charge in [-0.15, -0.1) is 5.11 Å². The number of aromatic nitrogens is 4. The number of azo groups is 1. The largest absolute Gasteiger partial charge is 0.283 e. The van der Waals surface area contributed by atoms with Crippen molar-refractivity contribution in [2.45, 2.75) is 50.9 Å². The normalized spacial score (nSPS) is 21.7. The summed E-state index contributed by atoms with van der Waals surface area (Å²) in [6, 6.07) is 7.38. The van der Waals surface area contributed by atoms with Crippen molar-refractivity contribution < 1.29 is 0 Å². The van der Waals surface area contributed by atoms with Crippen molar-refractivity contribution in [3.05, 3.63) is 82.1 Å². The number of pyridine rings is 2. The molecule has 8 heteroatoms. The first-order chi connectivity index (χ1) is 16.7. The molecule has 1 aliphatic heterocycles. The Hall–Kier alpha value is -3.55. The van der Waals surface area contributed by atoms with Crippen LogP contribution < -0.4 is 5.56 Å². The Balaban J connectivity index is 1.05. The van der Waals surface area contributed by atoms with Gasteiger partial charge in [0, 0.05) is 42.3 Å². The van der Waals surface area contributed by atoms with Crippen LogP contribution in [-0.4, -0.2) is 32.0 Å². The van der Waals surface area contributed by atoms with Crippen molar-refractivity contribution in [3.8, 4) is 5.69 Å². The molecule has 2 aliphatic carbocycles. The van der Waals surface area contributed by atoms with Gasteiger partial charge in [0.1, 0.15) is 5.82 Å². The second-order valence-electron chi connectivity index (χ2n) is 9.66. The minimum Gasteiger partial charge on any atom is -0.283 e. The predicted molar refractivity (Wildman–Crippen MR) is 128 cm³/mol. The van der Waals surface area contributed by atoms with Crippen LogP contribution in [0, 0.1) is 11.8 Å². The Morgan fingerprint density at radius 2 is 1.74 bits per heavy atom. The van der Waals surface area contributed by atoms with E-state index in [2.05, 4.69) is 30.2 Å². The fraction of sp³-hybridized carbons (Fsp3) is 0.423. The average molecular weight is 454 g/mol. The van der Waals surface area contributed by atoms with Crippen LogP contribution in [0.15, 0.2) is 69.1 Å². The number of aliphatic imine (C=N–C) groups is 1. The molecule has 2 fully saturated rings. The van der Waals surface area contributed by atoms with E-state index in [1.54, 1.807) is 23.0 Å². The highest BCUT2D eigenvalue weighted by molar-refractivity contribution is 5.99. The van der Waals surface area contributed by atoms with E-state index >= 15 is 0 Å². The third-order valence-electron chi connectivity index (χ3n) is 7.11. The Labute approximate surface area is 197 Å². The summed E-state index contributed by atoms with van der Waals surface area (Å²) in [6.45, 7) is 0.326. The highest BCUT2D eigenvalue weighted by Gasteiger charge is 2.27. The van der Waals surface area contributed by atoms with Gasteiger partial charge in [0.05, 0.1) is 11.9 Å². The average Bonchev–Trinajstić information content (AvgIpc) is 3.37. The highest BCUT2D eigenvalue weighted by Crippen LogP contribution is 2.39. The molecule has 2 atom stereocenters. The van der Waals surface area contributed by atoms with Crippen molar-refractivity contribution in [2.24, 2.45) is 27.1 Å². The lowest BCUT2D eigenvalue weighted by atomic mass is 9.97. The Bertz CT molecular complexity index is 1290. The summed E-state index contributed by atoms with van der Waals surface area (Å²) in [7, 11) is 0. The van der Waals surface area contributed by atoms with Gasteiger partial charge in [0.15, 0.2) is 12.5 Å². The fourth-order valence-electron chi connectivity index (χ4n) is 5.09. The maximum Gasteiger partial charge on any atom is 0.255 e. The quantitative estimate of drug-likeness (QED) is 0.533. The SMILES string of the molecule is O=c1cc(C2=NCN=N2)ccn1-c1ccc(C[C@H]2CC[C@H](Cc3ncc(C4CC4)cn3)C2)nc1. The lowest BCUT2D eigenvalue weighted by molar-refractivity contribution is 0.476. The van der Waals surface area contributed by atoms with Crippen molar-refractivity contribution in [1.29, 1.82) is 0 Å². The number of rotatable bonds is 7. The second kappa shape index (κ2) is 9.00. The third kappa shape index (κ3) is 4.58. The molecule has 172 valence electrons. The standard InChI is InChI=1S/C26H27N7O/c34-25-12-20(26-30-16-31-32-26)7-8-33(25)23-6-5-22(27-15-23)10-17-1-2-18(9-17)11-24-28-13-21(14-29-24)19-3-4-19/h5-8,12-15,17-19H,1-4,9-11,16H2/t17-,18-/m0/s1. The zero-order valence-electron chi connectivity index (χ0n) is 19.0. The van der Waals surface area contributed by atoms with Crippen molar-refractivity contribution in [3.63, 3.8) is 0 Å². The van der Waals surface area contributed by atoms with E-state index in [4.69, 9.17) is 0 Å². The number of nitrogens with zero attached hydrogens (tertiary/aromatic N) is 7. The summed E-state index contributed by atoms with van der Waals surface area (Å²) < 4.78 is 1.59. The van der Waals surface area contributed by atoms with Crippen LogP contribution in [0.3, 0.4) is 0 Å². The summed E-state index contributed by atoms with van der Waals surface area (Å²) in [5.41, 5.74) is 3.68. The van der Waals surface area contributed by atoms with Crippen molar-refractivity contribution in [2.75, 3.05) is 6.67 Å². The van der Waals surface area contributed by atoms with Crippen molar-refractivity contribution in [1.82, 2.24) is 19.5 Å². The fourth-order valence-corrected chi connectivity index (χ4v) is 5.09. The van der Waals surface area contributed by atoms with Gasteiger partial charge in [-0.05, 0) is 80.0 Å². The summed E-state index contributed by atoms with van der Waals surface area (Å²) in [5, 5.41) is 7.79. The summed E-state index contributed by atoms with van der Waals surface area (Å²) in [4.78, 5) is 30.7. The summed E-state index contributed by atoms with van der Waals surface area (Å²) in [5.74, 6) is 3.49. The molecular weight excluding hydrogens is 426 g/mol. The minimum absolute atomic E-state index is 0.136. The first kappa shape index (κ1) is 21.0. The molecule has 4 heterocycles. The van der Waals surface area contributed by atoms with Gasteiger partial charge in [-0.25, -0.2) is 15.0 Å². The van der Waals surface area contributed by atoms with Crippen LogP contribution in [0.4, 0.5) is 0 Å². The molecule has 0 bridgehead atoms. The van der Waals surface area contributed by atoms with Crippen LogP contribution in [0.2, 0.25) is 0 Å². The first-order valence-corrected chi connectivity index (χ1v) is 12.1. The molecule has 34 heavy (non-hydrogen) atoms. The molecule has 0 N–H and O–H groups in total. The first-order valence-electron chi connectivity index (χ1n) is 12.1. The molecule has 3 aromatic heterocycles. The summed E-state index contributed by atoms with van der Waals surface area (Å²) in [6.07, 6.45) is 15.7. The molecule has 0 spiro atoms. The molecular formula is C26H27N7O. The van der Waals surface area contributed by atoms with Crippen LogP contribution in [0.5, 0.6) is 0 Å². The highest BCUT2D eigenvalue weighted by atomic mass is 16.1. The van der Waals surface area contributed by atoms with Crippen molar-refractivity contribution >= 4 is 5.84 Å². The Kier molecular flexibility index (Phi) is 5.57. The maximum atomic E-state index is 12.6. The van der Waals surface area contributed by atoms with E-state index in [9.17, 15) is 4.79 Å². The Morgan fingerprint density at radius 1 is 0.912 bits per heavy atom. The van der Waals surface area contributed by atoms with Crippen LogP contribution in [0.25, 0.3) is 5.69 Å². The molecule has 6 rings (SSSR count). The molecule has 8 nitrogen and oxygen atoms in total. The van der Waals surface area contributed by atoms with Gasteiger partial charge in [-0.2, -0.15) is 5.11 Å². The monoisotopic (exact) mass is 453 g/mol. The van der Waals surface area contributed by atoms with E-state index < -0.39 is 0 Å². The van der Waals surface area contributed by atoms with Gasteiger partial charge < -0.3 is 0 Å². The maximum absolute atomic E-state index is 12.6. The molecule has 0 amide bonds. The van der Waals surface area contributed by atoms with Gasteiger partial charge in [-0.1, -0.05) is 0 Å². The van der Waals surface area contributed by atoms with Gasteiger partial charge in [0.25, 0.3) is 5.56 Å². The van der Waals surface area contributed by atoms with Gasteiger partial charge >= 0.3 is 0 Å². The number of amidine groups is 1. The van der Waals surface area contributed by atoms with Crippen LogP contribution in [0.1, 0.15) is 60.7 Å². The lowest BCUT2D eigenvalue weighted by Crippen LogP contribution is -2.18. The van der Waals surface area contributed by atoms with Gasteiger partial charge in [-0.3, -0.25) is 14.3 Å². The van der Waals surface area contributed by atoms with E-state index in [0.717, 1.165) is 30.0 Å². The van der Waals surface area contributed by atoms with Crippen LogP contribution in [-0.2, 0) is 12.8 Å². The third-order valence-corrected chi connectivity index (χ3v) is 7.11. The number of hydrogen-bond donors (Lipinski definition) is 0. The molecule has 0 aromatic carbocycles. The van der Waals surface area contributed by atoms with E-state index in [1.807, 2.05) is 30.6 Å². The zero-order chi connectivity index (χ0) is 22.9. The van der Waals surface area contributed by atoms with E-state index in [0.29, 0.717) is 35.8 Å². The topological polar surface area (TPSA) is 97.8 Å². The Morgan fingerprint density at radius 3 is 2.41 bits per heavy atom. The van der Waals surface area contributed by atoms with Crippen LogP contribution >= 0.6 is 0 Å². The molecule has 0 unspecified atom stereocenters. The minimum atomic E-state index is -0.136. The molecule has 3 aliphatic rings. The zero-order valence-corrected chi connectivity index (χ0v) is 19.0. The molecule has 3 aromatic rings. The summed E-state index contributed by atoms with van der Waals surface area (Å²) >= 11 is 0. The second-order valence-corrected chi connectivity index (χ2v) is 9.66. The smallest absolute Gasteiger partial charge is 0.255 e. The molecule has 0 radical (unpaired) electrons. The van der Waals surface area contributed by atoms with E-state index in [-0.39, 0.29) is 5.56 Å². The van der Waals surface area contributed by atoms with Gasteiger partial charge in [0.2, 0.25) is 0 Å². The molecule has 0 saturated heterocycles. The molecule has 2 saturated carbocycles. The number of hydrogen-bond acceptors (Lipinski definition) is 7. The predicted octanol–water partition coefficient (Wildman–Crippen LogP) is 4.27. The lowest BCUT2D eigenvalue weighted by Gasteiger charge is -2.12. The van der Waals surface area contributed by atoms with E-state index in [1.165, 1.54) is 37.7 Å².